The first-order chi connectivity index (χ1) is 8.88. The topological polar surface area (TPSA) is 42.3 Å². The largest absolute Gasteiger partial charge is 0.224 e. The first-order valence-corrected chi connectivity index (χ1v) is 7.79. The van der Waals surface area contributed by atoms with Gasteiger partial charge in [-0.15, -0.1) is 4.36 Å². The minimum Gasteiger partial charge on any atom is -0.217 e. The van der Waals surface area contributed by atoms with Gasteiger partial charge in [-0.3, -0.25) is 0 Å². The van der Waals surface area contributed by atoms with E-state index in [1.807, 2.05) is 0 Å². The predicted octanol–water partition coefficient (Wildman–Crippen LogP) is 4.37. The van der Waals surface area contributed by atoms with Gasteiger partial charge < -0.3 is 0 Å². The number of nitrogens with zero attached hydrogens (tertiary/aromatic N) is 2. The van der Waals surface area contributed by atoms with Crippen LogP contribution >= 0.6 is 11.3 Å². The molecule has 1 aliphatic carbocycles. The van der Waals surface area contributed by atoms with Gasteiger partial charge >= 0.3 is 0 Å². The van der Waals surface area contributed by atoms with E-state index in [2.05, 4.69) is 27.5 Å². The highest BCUT2D eigenvalue weighted by Gasteiger charge is 2.19. The highest BCUT2D eigenvalue weighted by atomic mass is 32.1. The number of thiazole rings is 1. The van der Waals surface area contributed by atoms with E-state index in [9.17, 15) is 4.21 Å². The summed E-state index contributed by atoms with van der Waals surface area (Å²) in [5, 5.41) is 0.591. The number of fused-ring (bicyclic) bond motifs is 1. The summed E-state index contributed by atoms with van der Waals surface area (Å²) < 4.78 is 15.4. The second-order valence-corrected chi connectivity index (χ2v) is 6.03. The Kier molecular flexibility index (Phi) is 3.52. The van der Waals surface area contributed by atoms with Gasteiger partial charge in [0.25, 0.3) is 0 Å². The van der Waals surface area contributed by atoms with Crippen molar-refractivity contribution in [1.82, 2.24) is 4.98 Å². The maximum atomic E-state index is 10.5. The number of benzene rings is 1. The highest BCUT2D eigenvalue weighted by Crippen LogP contribution is 2.38. The highest BCUT2D eigenvalue weighted by molar-refractivity contribution is 7.55. The number of hydrogen-bond acceptors (Lipinski definition) is 4. The van der Waals surface area contributed by atoms with Crippen LogP contribution in [0.3, 0.4) is 0 Å². The minimum absolute atomic E-state index is 0.234. The summed E-state index contributed by atoms with van der Waals surface area (Å²) >= 11 is 1.74. The zero-order chi connectivity index (χ0) is 12.4. The van der Waals surface area contributed by atoms with Crippen LogP contribution in [0.25, 0.3) is 10.2 Å². The zero-order valence-electron chi connectivity index (χ0n) is 9.96. The van der Waals surface area contributed by atoms with Crippen molar-refractivity contribution in [3.63, 3.8) is 0 Å². The average Bonchev–Trinajstić information content (AvgIpc) is 2.82. The lowest BCUT2D eigenvalue weighted by molar-refractivity contribution is 0.445. The molecule has 1 fully saturated rings. The SMILES string of the molecule is O=S=Nc1nc2c(C3CCCCC3)cccc2s1. The van der Waals surface area contributed by atoms with Crippen molar-refractivity contribution < 1.29 is 4.21 Å². The lowest BCUT2D eigenvalue weighted by atomic mass is 9.84. The Balaban J connectivity index is 2.07. The molecule has 1 aromatic carbocycles. The van der Waals surface area contributed by atoms with Crippen LogP contribution in [0.15, 0.2) is 22.6 Å². The number of rotatable bonds is 2. The van der Waals surface area contributed by atoms with E-state index in [1.165, 1.54) is 49.0 Å². The third-order valence-corrected chi connectivity index (χ3v) is 4.88. The van der Waals surface area contributed by atoms with E-state index in [4.69, 9.17) is 0 Å². The van der Waals surface area contributed by atoms with Crippen molar-refractivity contribution >= 4 is 38.1 Å². The van der Waals surface area contributed by atoms with E-state index in [-0.39, 0.29) is 11.5 Å². The van der Waals surface area contributed by atoms with Gasteiger partial charge in [-0.05, 0) is 30.4 Å². The number of aromatic nitrogens is 1. The van der Waals surface area contributed by atoms with Crippen LogP contribution in [0.5, 0.6) is 0 Å². The minimum atomic E-state index is 0.234. The van der Waals surface area contributed by atoms with Gasteiger partial charge in [-0.2, -0.15) is 4.21 Å². The lowest BCUT2D eigenvalue weighted by Gasteiger charge is -2.22. The summed E-state index contributed by atoms with van der Waals surface area (Å²) in [5.41, 5.74) is 2.41. The molecule has 1 saturated carbocycles. The second kappa shape index (κ2) is 5.28. The molecule has 0 spiro atoms. The Morgan fingerprint density at radius 1 is 1.28 bits per heavy atom. The average molecular weight is 278 g/mol. The molecule has 0 atom stereocenters. The monoisotopic (exact) mass is 278 g/mol. The van der Waals surface area contributed by atoms with E-state index >= 15 is 0 Å². The Labute approximate surface area is 113 Å². The van der Waals surface area contributed by atoms with E-state index in [0.29, 0.717) is 11.0 Å². The third kappa shape index (κ3) is 2.24. The van der Waals surface area contributed by atoms with Gasteiger partial charge in [0.05, 0.1) is 10.2 Å². The van der Waals surface area contributed by atoms with Crippen molar-refractivity contribution in [3.8, 4) is 0 Å². The molecular formula is C13H14N2OS2. The molecule has 3 nitrogen and oxygen atoms in total. The fourth-order valence-corrected chi connectivity index (χ4v) is 3.86. The summed E-state index contributed by atoms with van der Waals surface area (Å²) in [4.78, 5) is 4.51. The molecule has 0 unspecified atom stereocenters. The van der Waals surface area contributed by atoms with Crippen molar-refractivity contribution in [2.75, 3.05) is 0 Å². The molecule has 2 aromatic rings. The van der Waals surface area contributed by atoms with Crippen LogP contribution in [0, 0.1) is 0 Å². The van der Waals surface area contributed by atoms with Gasteiger partial charge in [0.15, 0.2) is 0 Å². The fraction of sp³-hybridized carbons (Fsp3) is 0.462. The van der Waals surface area contributed by atoms with Crippen LogP contribution < -0.4 is 0 Å². The summed E-state index contributed by atoms with van der Waals surface area (Å²) in [5.74, 6) is 0.636. The van der Waals surface area contributed by atoms with Crippen molar-refractivity contribution in [1.29, 1.82) is 0 Å². The molecule has 0 N–H and O–H groups in total. The quantitative estimate of drug-likeness (QED) is 0.818. The second-order valence-electron chi connectivity index (χ2n) is 4.69. The summed E-state index contributed by atoms with van der Waals surface area (Å²) in [6.07, 6.45) is 6.52. The standard InChI is InChI=1S/C13H14N2OS2/c16-18-15-13-14-12-10(7-4-8-11(12)17-13)9-5-2-1-3-6-9/h4,7-9H,1-3,5-6H2. The summed E-state index contributed by atoms with van der Waals surface area (Å²) in [6.45, 7) is 0. The van der Waals surface area contributed by atoms with Crippen molar-refractivity contribution in [2.24, 2.45) is 4.36 Å². The molecule has 0 bridgehead atoms. The smallest absolute Gasteiger partial charge is 0.217 e. The lowest BCUT2D eigenvalue weighted by Crippen LogP contribution is -2.04. The molecule has 5 heteroatoms. The molecule has 0 radical (unpaired) electrons. The van der Waals surface area contributed by atoms with Gasteiger partial charge in [0.1, 0.15) is 0 Å². The van der Waals surface area contributed by atoms with E-state index in [1.54, 1.807) is 0 Å². The Bertz CT molecular complexity index is 610. The third-order valence-electron chi connectivity index (χ3n) is 3.60. The first kappa shape index (κ1) is 12.0. The Hall–Kier alpha value is -1.07. The Morgan fingerprint density at radius 2 is 2.11 bits per heavy atom. The van der Waals surface area contributed by atoms with Gasteiger partial charge in [-0.1, -0.05) is 42.7 Å². The van der Waals surface area contributed by atoms with E-state index in [0.717, 1.165) is 10.2 Å². The van der Waals surface area contributed by atoms with Crippen LogP contribution in [0.2, 0.25) is 0 Å². The van der Waals surface area contributed by atoms with Crippen LogP contribution in [-0.4, -0.2) is 9.19 Å². The number of para-hydroxylation sites is 1. The molecule has 94 valence electrons. The summed E-state index contributed by atoms with van der Waals surface area (Å²) in [6, 6.07) is 6.35. The predicted molar refractivity (Wildman–Crippen MR) is 75.7 cm³/mol. The maximum absolute atomic E-state index is 10.5. The first-order valence-electron chi connectivity index (χ1n) is 6.28. The van der Waals surface area contributed by atoms with Crippen LogP contribution in [-0.2, 0) is 11.5 Å². The van der Waals surface area contributed by atoms with Gasteiger partial charge in [0, 0.05) is 0 Å². The molecule has 18 heavy (non-hydrogen) atoms. The molecule has 0 amide bonds. The van der Waals surface area contributed by atoms with Gasteiger partial charge in [0.2, 0.25) is 16.6 Å². The number of hydrogen-bond donors (Lipinski definition) is 0. The molecular weight excluding hydrogens is 264 g/mol. The normalized spacial score (nSPS) is 16.9. The Morgan fingerprint density at radius 3 is 2.89 bits per heavy atom. The molecule has 0 saturated heterocycles. The summed E-state index contributed by atoms with van der Waals surface area (Å²) in [7, 11) is 0. The van der Waals surface area contributed by atoms with Crippen LogP contribution in [0.4, 0.5) is 5.13 Å². The van der Waals surface area contributed by atoms with Crippen molar-refractivity contribution in [2.45, 2.75) is 38.0 Å². The maximum Gasteiger partial charge on any atom is 0.224 e. The molecule has 1 aliphatic rings. The van der Waals surface area contributed by atoms with Crippen molar-refractivity contribution in [3.05, 3.63) is 23.8 Å². The fourth-order valence-electron chi connectivity index (χ4n) is 2.77. The molecule has 1 heterocycles. The van der Waals surface area contributed by atoms with E-state index < -0.39 is 0 Å². The van der Waals surface area contributed by atoms with Crippen LogP contribution in [0.1, 0.15) is 43.6 Å². The zero-order valence-corrected chi connectivity index (χ0v) is 11.6. The molecule has 1 aromatic heterocycles. The molecule has 0 aliphatic heterocycles. The molecule has 3 rings (SSSR count). The van der Waals surface area contributed by atoms with Gasteiger partial charge in [-0.25, -0.2) is 4.98 Å².